The van der Waals surface area contributed by atoms with E-state index in [-0.39, 0.29) is 16.9 Å². The molecule has 0 saturated heterocycles. The van der Waals surface area contributed by atoms with Gasteiger partial charge in [0.1, 0.15) is 5.03 Å². The molecule has 1 aliphatic heterocycles. The first-order valence-electron chi connectivity index (χ1n) is 5.83. The van der Waals surface area contributed by atoms with Crippen LogP contribution in [0.2, 0.25) is 0 Å². The molecule has 0 aromatic heterocycles. The molecule has 4 heteroatoms. The Morgan fingerprint density at radius 2 is 1.72 bits per heavy atom. The molecule has 0 spiro atoms. The molecule has 1 heterocycles. The van der Waals surface area contributed by atoms with Gasteiger partial charge in [-0.3, -0.25) is 14.5 Å². The van der Waals surface area contributed by atoms with E-state index in [1.807, 2.05) is 32.0 Å². The van der Waals surface area contributed by atoms with Gasteiger partial charge in [-0.05, 0) is 11.5 Å². The number of carbonyl (C=O) groups excluding carboxylic acids is 2. The molecule has 1 aliphatic rings. The number of hydrogen-bond acceptors (Lipinski definition) is 2. The first-order chi connectivity index (χ1) is 8.52. The molecule has 0 radical (unpaired) electrons. The summed E-state index contributed by atoms with van der Waals surface area (Å²) in [4.78, 5) is 25.4. The number of halogens is 1. The van der Waals surface area contributed by atoms with Crippen LogP contribution in [0.15, 0.2) is 35.4 Å². The van der Waals surface area contributed by atoms with Gasteiger partial charge in [-0.1, -0.05) is 55.8 Å². The van der Waals surface area contributed by atoms with Crippen molar-refractivity contribution < 1.29 is 9.59 Å². The smallest absolute Gasteiger partial charge is 0.273 e. The lowest BCUT2D eigenvalue weighted by molar-refractivity contribution is -0.137. The molecule has 18 heavy (non-hydrogen) atoms. The maximum atomic E-state index is 12.2. The summed E-state index contributed by atoms with van der Waals surface area (Å²) in [6.45, 7) is 4.30. The van der Waals surface area contributed by atoms with Crippen LogP contribution in [0.25, 0.3) is 5.57 Å². The van der Waals surface area contributed by atoms with Crippen LogP contribution in [0.1, 0.15) is 19.4 Å². The Balaban J connectivity index is 2.38. The molecule has 1 aromatic rings. The minimum absolute atomic E-state index is 0.0202. The zero-order valence-electron chi connectivity index (χ0n) is 10.3. The number of hydrogen-bond donors (Lipinski definition) is 0. The molecule has 0 aliphatic carbocycles. The summed E-state index contributed by atoms with van der Waals surface area (Å²) in [6, 6.07) is 9.04. The van der Waals surface area contributed by atoms with Crippen molar-refractivity contribution in [1.82, 2.24) is 4.90 Å². The summed E-state index contributed by atoms with van der Waals surface area (Å²) >= 11 is 6.00. The third kappa shape index (κ3) is 2.18. The van der Waals surface area contributed by atoms with Crippen molar-refractivity contribution >= 4 is 29.0 Å². The van der Waals surface area contributed by atoms with Crippen LogP contribution in [0.3, 0.4) is 0 Å². The quantitative estimate of drug-likeness (QED) is 0.787. The maximum absolute atomic E-state index is 12.2. The van der Waals surface area contributed by atoms with Crippen molar-refractivity contribution in [1.29, 1.82) is 0 Å². The SMILES string of the molecule is CC(C)CN1C(=O)C(Cl)=C(c2ccccc2)C1=O. The van der Waals surface area contributed by atoms with Crippen LogP contribution >= 0.6 is 11.6 Å². The molecule has 94 valence electrons. The second-order valence-corrected chi connectivity index (χ2v) is 5.05. The number of nitrogens with zero attached hydrogens (tertiary/aromatic N) is 1. The minimum Gasteiger partial charge on any atom is -0.273 e. The van der Waals surface area contributed by atoms with Crippen LogP contribution < -0.4 is 0 Å². The normalized spacial score (nSPS) is 16.1. The lowest BCUT2D eigenvalue weighted by Gasteiger charge is -2.16. The molecule has 0 saturated carbocycles. The number of rotatable bonds is 3. The number of benzene rings is 1. The van der Waals surface area contributed by atoms with Crippen molar-refractivity contribution in [2.75, 3.05) is 6.54 Å². The third-order valence-corrected chi connectivity index (χ3v) is 3.07. The fourth-order valence-corrected chi connectivity index (χ4v) is 2.22. The summed E-state index contributed by atoms with van der Waals surface area (Å²) in [5.74, 6) is -0.475. The number of carbonyl (C=O) groups is 2. The average Bonchev–Trinajstić information content (AvgIpc) is 2.54. The second-order valence-electron chi connectivity index (χ2n) is 4.67. The Kier molecular flexibility index (Phi) is 3.53. The Bertz CT molecular complexity index is 520. The van der Waals surface area contributed by atoms with Crippen LogP contribution in [-0.2, 0) is 9.59 Å². The monoisotopic (exact) mass is 263 g/mol. The van der Waals surface area contributed by atoms with Gasteiger partial charge >= 0.3 is 0 Å². The van der Waals surface area contributed by atoms with Gasteiger partial charge in [-0.25, -0.2) is 0 Å². The van der Waals surface area contributed by atoms with Gasteiger partial charge in [0.2, 0.25) is 0 Å². The van der Waals surface area contributed by atoms with Gasteiger partial charge < -0.3 is 0 Å². The largest absolute Gasteiger partial charge is 0.273 e. The summed E-state index contributed by atoms with van der Waals surface area (Å²) in [7, 11) is 0. The van der Waals surface area contributed by atoms with E-state index in [1.54, 1.807) is 12.1 Å². The molecule has 2 rings (SSSR count). The van der Waals surface area contributed by atoms with Crippen LogP contribution in [0.5, 0.6) is 0 Å². The van der Waals surface area contributed by atoms with E-state index in [1.165, 1.54) is 4.90 Å². The molecule has 0 N–H and O–H groups in total. The van der Waals surface area contributed by atoms with E-state index < -0.39 is 5.91 Å². The molecule has 0 unspecified atom stereocenters. The molecule has 2 amide bonds. The van der Waals surface area contributed by atoms with E-state index in [4.69, 9.17) is 11.6 Å². The molecular weight excluding hydrogens is 250 g/mol. The van der Waals surface area contributed by atoms with Gasteiger partial charge in [0.05, 0.1) is 5.57 Å². The van der Waals surface area contributed by atoms with E-state index in [0.29, 0.717) is 17.7 Å². The first-order valence-corrected chi connectivity index (χ1v) is 6.21. The van der Waals surface area contributed by atoms with E-state index in [9.17, 15) is 9.59 Å². The van der Waals surface area contributed by atoms with Gasteiger partial charge in [-0.15, -0.1) is 0 Å². The van der Waals surface area contributed by atoms with Crippen molar-refractivity contribution in [3.05, 3.63) is 40.9 Å². The van der Waals surface area contributed by atoms with Gasteiger partial charge in [-0.2, -0.15) is 0 Å². The summed E-state index contributed by atoms with van der Waals surface area (Å²) in [5, 5.41) is 0.0202. The second kappa shape index (κ2) is 4.94. The molecule has 1 aromatic carbocycles. The van der Waals surface area contributed by atoms with Crippen molar-refractivity contribution in [3.63, 3.8) is 0 Å². The molecular formula is C14H14ClNO2. The predicted octanol–water partition coefficient (Wildman–Crippen LogP) is 2.66. The van der Waals surface area contributed by atoms with Gasteiger partial charge in [0.15, 0.2) is 0 Å². The minimum atomic E-state index is -0.394. The Morgan fingerprint density at radius 3 is 2.28 bits per heavy atom. The first kappa shape index (κ1) is 12.8. The number of imide groups is 1. The number of amides is 2. The standard InChI is InChI=1S/C14H14ClNO2/c1-9(2)8-16-13(17)11(12(15)14(16)18)10-6-4-3-5-7-10/h3-7,9H,8H2,1-2H3. The van der Waals surface area contributed by atoms with E-state index in [2.05, 4.69) is 0 Å². The van der Waals surface area contributed by atoms with E-state index >= 15 is 0 Å². The Morgan fingerprint density at radius 1 is 1.11 bits per heavy atom. The summed E-state index contributed by atoms with van der Waals surface area (Å²) < 4.78 is 0. The van der Waals surface area contributed by atoms with E-state index in [0.717, 1.165) is 0 Å². The van der Waals surface area contributed by atoms with Crippen molar-refractivity contribution in [3.8, 4) is 0 Å². The van der Waals surface area contributed by atoms with Gasteiger partial charge in [0, 0.05) is 6.54 Å². The molecule has 0 fully saturated rings. The predicted molar refractivity (Wildman–Crippen MR) is 70.8 cm³/mol. The van der Waals surface area contributed by atoms with Crippen molar-refractivity contribution in [2.45, 2.75) is 13.8 Å². The highest BCUT2D eigenvalue weighted by molar-refractivity contribution is 6.55. The fourth-order valence-electron chi connectivity index (χ4n) is 1.93. The lowest BCUT2D eigenvalue weighted by Crippen LogP contribution is -2.34. The maximum Gasteiger partial charge on any atom is 0.273 e. The zero-order valence-corrected chi connectivity index (χ0v) is 11.1. The Labute approximate surface area is 111 Å². The topological polar surface area (TPSA) is 37.4 Å². The van der Waals surface area contributed by atoms with Crippen LogP contribution in [0.4, 0.5) is 0 Å². The zero-order chi connectivity index (χ0) is 13.3. The average molecular weight is 264 g/mol. The van der Waals surface area contributed by atoms with Gasteiger partial charge in [0.25, 0.3) is 11.8 Å². The van der Waals surface area contributed by atoms with Crippen LogP contribution in [-0.4, -0.2) is 23.3 Å². The summed E-state index contributed by atoms with van der Waals surface area (Å²) in [6.07, 6.45) is 0. The molecule has 3 nitrogen and oxygen atoms in total. The third-order valence-electron chi connectivity index (χ3n) is 2.72. The summed E-state index contributed by atoms with van der Waals surface area (Å²) in [5.41, 5.74) is 0.995. The Hall–Kier alpha value is -1.61. The highest BCUT2D eigenvalue weighted by Gasteiger charge is 2.38. The van der Waals surface area contributed by atoms with Crippen molar-refractivity contribution in [2.24, 2.45) is 5.92 Å². The molecule has 0 atom stereocenters. The highest BCUT2D eigenvalue weighted by atomic mass is 35.5. The molecule has 0 bridgehead atoms. The lowest BCUT2D eigenvalue weighted by atomic mass is 10.1. The highest BCUT2D eigenvalue weighted by Crippen LogP contribution is 2.31. The fraction of sp³-hybridized carbons (Fsp3) is 0.286. The van der Waals surface area contributed by atoms with Crippen LogP contribution in [0, 0.1) is 5.92 Å².